The standard InChI is InChI=1S/C13H21N3O3/c1-9-10(2)15-16-12(11(9)13(18)19)14-7-5-3-4-6-8-17/h17H,3-8H2,1-2H3,(H,14,16)(H,18,19). The summed E-state index contributed by atoms with van der Waals surface area (Å²) >= 11 is 0. The van der Waals surface area contributed by atoms with Gasteiger partial charge in [-0.3, -0.25) is 0 Å². The summed E-state index contributed by atoms with van der Waals surface area (Å²) in [6, 6.07) is 0. The highest BCUT2D eigenvalue weighted by Gasteiger charge is 2.17. The fourth-order valence-electron chi connectivity index (χ4n) is 1.79. The van der Waals surface area contributed by atoms with Crippen molar-refractivity contribution in [3.05, 3.63) is 16.8 Å². The van der Waals surface area contributed by atoms with Gasteiger partial charge < -0.3 is 15.5 Å². The minimum Gasteiger partial charge on any atom is -0.478 e. The Bertz CT molecular complexity index is 435. The number of hydrogen-bond donors (Lipinski definition) is 3. The SMILES string of the molecule is Cc1nnc(NCCCCCCO)c(C(=O)O)c1C. The molecule has 6 nitrogen and oxygen atoms in total. The second kappa shape index (κ2) is 7.68. The number of aryl methyl sites for hydroxylation is 1. The molecule has 0 atom stereocenters. The van der Waals surface area contributed by atoms with Crippen LogP contribution in [0.15, 0.2) is 0 Å². The van der Waals surface area contributed by atoms with Crippen molar-refractivity contribution < 1.29 is 15.0 Å². The number of aliphatic hydroxyl groups is 1. The summed E-state index contributed by atoms with van der Waals surface area (Å²) in [7, 11) is 0. The average molecular weight is 267 g/mol. The van der Waals surface area contributed by atoms with E-state index >= 15 is 0 Å². The van der Waals surface area contributed by atoms with Crippen LogP contribution in [0.3, 0.4) is 0 Å². The van der Waals surface area contributed by atoms with Gasteiger partial charge in [-0.05, 0) is 32.3 Å². The molecule has 1 aromatic heterocycles. The molecule has 0 unspecified atom stereocenters. The minimum atomic E-state index is -0.988. The Labute approximate surface area is 112 Å². The van der Waals surface area contributed by atoms with E-state index in [4.69, 9.17) is 5.11 Å². The van der Waals surface area contributed by atoms with E-state index in [-0.39, 0.29) is 12.2 Å². The van der Waals surface area contributed by atoms with Gasteiger partial charge >= 0.3 is 5.97 Å². The Morgan fingerprint density at radius 1 is 1.16 bits per heavy atom. The number of aromatic nitrogens is 2. The van der Waals surface area contributed by atoms with E-state index in [1.807, 2.05) is 0 Å². The number of carboxylic acid groups (broad SMARTS) is 1. The largest absolute Gasteiger partial charge is 0.478 e. The molecular weight excluding hydrogens is 246 g/mol. The Kier molecular flexibility index (Phi) is 6.21. The number of hydrogen-bond acceptors (Lipinski definition) is 5. The number of carboxylic acids is 1. The lowest BCUT2D eigenvalue weighted by atomic mass is 10.1. The van der Waals surface area contributed by atoms with Gasteiger partial charge in [0, 0.05) is 13.2 Å². The third-order valence-corrected chi connectivity index (χ3v) is 3.05. The minimum absolute atomic E-state index is 0.197. The molecule has 0 bridgehead atoms. The van der Waals surface area contributed by atoms with Gasteiger partial charge in [-0.1, -0.05) is 12.8 Å². The molecule has 0 aliphatic heterocycles. The van der Waals surface area contributed by atoms with E-state index in [1.54, 1.807) is 13.8 Å². The van der Waals surface area contributed by atoms with Crippen molar-refractivity contribution in [2.45, 2.75) is 39.5 Å². The van der Waals surface area contributed by atoms with Crippen molar-refractivity contribution in [3.63, 3.8) is 0 Å². The summed E-state index contributed by atoms with van der Waals surface area (Å²) in [4.78, 5) is 11.2. The molecule has 0 saturated heterocycles. The maximum atomic E-state index is 11.2. The van der Waals surface area contributed by atoms with Crippen molar-refractivity contribution >= 4 is 11.8 Å². The molecule has 1 rings (SSSR count). The quantitative estimate of drug-likeness (QED) is 0.621. The van der Waals surface area contributed by atoms with Crippen LogP contribution in [0.25, 0.3) is 0 Å². The fraction of sp³-hybridized carbons (Fsp3) is 0.615. The first-order valence-corrected chi connectivity index (χ1v) is 6.49. The molecule has 0 saturated carbocycles. The predicted molar refractivity (Wildman–Crippen MR) is 72.5 cm³/mol. The van der Waals surface area contributed by atoms with E-state index in [2.05, 4.69) is 15.5 Å². The fourth-order valence-corrected chi connectivity index (χ4v) is 1.79. The van der Waals surface area contributed by atoms with E-state index in [0.29, 0.717) is 23.6 Å². The molecule has 6 heteroatoms. The van der Waals surface area contributed by atoms with Crippen molar-refractivity contribution in [1.82, 2.24) is 10.2 Å². The zero-order valence-electron chi connectivity index (χ0n) is 11.4. The summed E-state index contributed by atoms with van der Waals surface area (Å²) in [6.45, 7) is 4.36. The Morgan fingerprint density at radius 2 is 1.84 bits per heavy atom. The number of carbonyl (C=O) groups is 1. The summed E-state index contributed by atoms with van der Waals surface area (Å²) in [5.41, 5.74) is 1.47. The lowest BCUT2D eigenvalue weighted by Gasteiger charge is -2.11. The van der Waals surface area contributed by atoms with E-state index in [0.717, 1.165) is 25.7 Å². The molecule has 0 radical (unpaired) electrons. The topological polar surface area (TPSA) is 95.3 Å². The molecule has 0 spiro atoms. The lowest BCUT2D eigenvalue weighted by molar-refractivity contribution is 0.0696. The van der Waals surface area contributed by atoms with E-state index in [9.17, 15) is 9.90 Å². The summed E-state index contributed by atoms with van der Waals surface area (Å²) < 4.78 is 0. The Hall–Kier alpha value is -1.69. The van der Waals surface area contributed by atoms with Gasteiger partial charge in [-0.25, -0.2) is 4.79 Å². The second-order valence-electron chi connectivity index (χ2n) is 4.50. The van der Waals surface area contributed by atoms with Crippen molar-refractivity contribution in [3.8, 4) is 0 Å². The molecule has 1 heterocycles. The summed E-state index contributed by atoms with van der Waals surface area (Å²) in [5.74, 6) is -0.656. The first-order valence-electron chi connectivity index (χ1n) is 6.49. The van der Waals surface area contributed by atoms with Gasteiger partial charge in [-0.2, -0.15) is 5.10 Å². The summed E-state index contributed by atoms with van der Waals surface area (Å²) in [5, 5.41) is 28.7. The normalized spacial score (nSPS) is 10.5. The number of nitrogens with zero attached hydrogens (tertiary/aromatic N) is 2. The summed E-state index contributed by atoms with van der Waals surface area (Å²) in [6.07, 6.45) is 3.69. The number of anilines is 1. The van der Waals surface area contributed by atoms with Crippen LogP contribution < -0.4 is 5.32 Å². The number of aliphatic hydroxyl groups excluding tert-OH is 1. The highest BCUT2D eigenvalue weighted by Crippen LogP contribution is 2.18. The third-order valence-electron chi connectivity index (χ3n) is 3.05. The van der Waals surface area contributed by atoms with Gasteiger partial charge in [0.05, 0.1) is 5.69 Å². The van der Waals surface area contributed by atoms with E-state index < -0.39 is 5.97 Å². The van der Waals surface area contributed by atoms with Gasteiger partial charge in [0.25, 0.3) is 0 Å². The average Bonchev–Trinajstić information content (AvgIpc) is 2.37. The van der Waals surface area contributed by atoms with Crippen LogP contribution in [-0.2, 0) is 0 Å². The van der Waals surface area contributed by atoms with E-state index in [1.165, 1.54) is 0 Å². The third kappa shape index (κ3) is 4.48. The molecule has 3 N–H and O–H groups in total. The van der Waals surface area contributed by atoms with Crippen LogP contribution in [0.2, 0.25) is 0 Å². The number of unbranched alkanes of at least 4 members (excludes halogenated alkanes) is 3. The zero-order chi connectivity index (χ0) is 14.3. The molecule has 0 aliphatic carbocycles. The van der Waals surface area contributed by atoms with Crippen molar-refractivity contribution in [2.75, 3.05) is 18.5 Å². The number of aromatic carboxylic acids is 1. The number of rotatable bonds is 8. The Morgan fingerprint density at radius 3 is 2.47 bits per heavy atom. The van der Waals surface area contributed by atoms with Gasteiger partial charge in [0.2, 0.25) is 0 Å². The highest BCUT2D eigenvalue weighted by molar-refractivity contribution is 5.94. The van der Waals surface area contributed by atoms with Crippen LogP contribution in [0.4, 0.5) is 5.82 Å². The van der Waals surface area contributed by atoms with Gasteiger partial charge in [0.15, 0.2) is 5.82 Å². The monoisotopic (exact) mass is 267 g/mol. The molecule has 19 heavy (non-hydrogen) atoms. The molecule has 0 aromatic carbocycles. The maximum Gasteiger partial charge on any atom is 0.339 e. The van der Waals surface area contributed by atoms with Crippen LogP contribution in [0.5, 0.6) is 0 Å². The molecule has 1 aromatic rings. The second-order valence-corrected chi connectivity index (χ2v) is 4.50. The van der Waals surface area contributed by atoms with Crippen LogP contribution in [-0.4, -0.2) is 39.5 Å². The lowest BCUT2D eigenvalue weighted by Crippen LogP contribution is -2.13. The molecular formula is C13H21N3O3. The first-order chi connectivity index (χ1) is 9.07. The molecule has 106 valence electrons. The first kappa shape index (κ1) is 15.4. The van der Waals surface area contributed by atoms with Crippen LogP contribution in [0.1, 0.15) is 47.3 Å². The van der Waals surface area contributed by atoms with Crippen LogP contribution >= 0.6 is 0 Å². The maximum absolute atomic E-state index is 11.2. The van der Waals surface area contributed by atoms with Gasteiger partial charge in [-0.15, -0.1) is 5.10 Å². The predicted octanol–water partition coefficient (Wildman–Crippen LogP) is 1.76. The molecule has 0 amide bonds. The molecule has 0 fully saturated rings. The Balaban J connectivity index is 2.58. The number of nitrogens with one attached hydrogen (secondary N) is 1. The zero-order valence-corrected chi connectivity index (χ0v) is 11.4. The van der Waals surface area contributed by atoms with Gasteiger partial charge in [0.1, 0.15) is 5.56 Å². The van der Waals surface area contributed by atoms with Crippen molar-refractivity contribution in [2.24, 2.45) is 0 Å². The highest BCUT2D eigenvalue weighted by atomic mass is 16.4. The van der Waals surface area contributed by atoms with Crippen LogP contribution in [0, 0.1) is 13.8 Å². The smallest absolute Gasteiger partial charge is 0.339 e. The molecule has 0 aliphatic rings. The van der Waals surface area contributed by atoms with Crippen molar-refractivity contribution in [1.29, 1.82) is 0 Å².